The Morgan fingerprint density at radius 1 is 1.28 bits per heavy atom. The topological polar surface area (TPSA) is 54.9 Å². The van der Waals surface area contributed by atoms with Gasteiger partial charge in [0.25, 0.3) is 0 Å². The molecule has 1 saturated carbocycles. The van der Waals surface area contributed by atoms with Gasteiger partial charge in [-0.3, -0.25) is 4.79 Å². The van der Waals surface area contributed by atoms with Crippen LogP contribution in [0.4, 0.5) is 0 Å². The second kappa shape index (κ2) is 5.26. The van der Waals surface area contributed by atoms with Crippen LogP contribution in [0.25, 0.3) is 0 Å². The van der Waals surface area contributed by atoms with Gasteiger partial charge in [0.2, 0.25) is 5.91 Å². The fraction of sp³-hybridized carbons (Fsp3) is 0.615. The number of thioether (sulfide) groups is 1. The van der Waals surface area contributed by atoms with Gasteiger partial charge in [0.1, 0.15) is 0 Å². The minimum atomic E-state index is -0.146. The van der Waals surface area contributed by atoms with Crippen LogP contribution in [0, 0.1) is 20.8 Å². The fourth-order valence-corrected chi connectivity index (χ4v) is 2.42. The van der Waals surface area contributed by atoms with E-state index in [1.165, 1.54) is 11.8 Å². The largest absolute Gasteiger partial charge is 0.352 e. The first kappa shape index (κ1) is 13.3. The maximum Gasteiger partial charge on any atom is 0.233 e. The number of rotatable bonds is 4. The fourth-order valence-electron chi connectivity index (χ4n) is 1.55. The number of aryl methyl sites for hydroxylation is 2. The molecule has 1 fully saturated rings. The molecule has 0 aromatic carbocycles. The highest BCUT2D eigenvalue weighted by Crippen LogP contribution is 2.24. The molecule has 1 aromatic rings. The molecule has 0 spiro atoms. The lowest BCUT2D eigenvalue weighted by molar-refractivity contribution is -0.120. The standard InChI is InChI=1S/C13H19N3OS/c1-7-8(2)14-13(15-9(7)3)18-10(4)12(17)16-11-5-6-11/h10-11H,5-6H2,1-4H3,(H,16,17)/t10-/m1/s1. The quantitative estimate of drug-likeness (QED) is 0.669. The van der Waals surface area contributed by atoms with Gasteiger partial charge >= 0.3 is 0 Å². The molecule has 1 N–H and O–H groups in total. The van der Waals surface area contributed by atoms with Gasteiger partial charge in [-0.2, -0.15) is 0 Å². The lowest BCUT2D eigenvalue weighted by atomic mass is 10.2. The summed E-state index contributed by atoms with van der Waals surface area (Å²) >= 11 is 1.42. The Labute approximate surface area is 112 Å². The zero-order valence-electron chi connectivity index (χ0n) is 11.3. The van der Waals surface area contributed by atoms with E-state index in [2.05, 4.69) is 15.3 Å². The van der Waals surface area contributed by atoms with E-state index in [9.17, 15) is 4.79 Å². The molecular weight excluding hydrogens is 246 g/mol. The highest BCUT2D eigenvalue weighted by atomic mass is 32.2. The number of aromatic nitrogens is 2. The van der Waals surface area contributed by atoms with Crippen molar-refractivity contribution in [3.8, 4) is 0 Å². The van der Waals surface area contributed by atoms with Crippen molar-refractivity contribution in [1.82, 2.24) is 15.3 Å². The van der Waals surface area contributed by atoms with Crippen molar-refractivity contribution in [3.05, 3.63) is 17.0 Å². The first-order valence-corrected chi connectivity index (χ1v) is 7.14. The summed E-state index contributed by atoms with van der Waals surface area (Å²) in [6, 6.07) is 0.406. The summed E-state index contributed by atoms with van der Waals surface area (Å²) < 4.78 is 0. The van der Waals surface area contributed by atoms with E-state index in [4.69, 9.17) is 0 Å². The summed E-state index contributed by atoms with van der Waals surface area (Å²) in [5.41, 5.74) is 3.09. The molecule has 1 aliphatic carbocycles. The van der Waals surface area contributed by atoms with Crippen LogP contribution in [0.5, 0.6) is 0 Å². The van der Waals surface area contributed by atoms with Crippen molar-refractivity contribution in [3.63, 3.8) is 0 Å². The van der Waals surface area contributed by atoms with Crippen molar-refractivity contribution in [2.24, 2.45) is 0 Å². The molecular formula is C13H19N3OS. The van der Waals surface area contributed by atoms with E-state index < -0.39 is 0 Å². The Balaban J connectivity index is 2.01. The Kier molecular flexibility index (Phi) is 3.90. The molecule has 4 nitrogen and oxygen atoms in total. The van der Waals surface area contributed by atoms with Gasteiger partial charge in [-0.1, -0.05) is 11.8 Å². The maximum absolute atomic E-state index is 11.8. The first-order valence-electron chi connectivity index (χ1n) is 6.26. The Hall–Kier alpha value is -1.10. The molecule has 0 unspecified atom stereocenters. The molecule has 5 heteroatoms. The third-order valence-corrected chi connectivity index (χ3v) is 4.15. The van der Waals surface area contributed by atoms with Gasteiger partial charge in [0, 0.05) is 17.4 Å². The van der Waals surface area contributed by atoms with E-state index in [0.29, 0.717) is 11.2 Å². The van der Waals surface area contributed by atoms with E-state index in [-0.39, 0.29) is 11.2 Å². The van der Waals surface area contributed by atoms with Crippen molar-refractivity contribution < 1.29 is 4.79 Å². The molecule has 1 amide bonds. The zero-order valence-corrected chi connectivity index (χ0v) is 12.1. The molecule has 0 radical (unpaired) electrons. The molecule has 0 aliphatic heterocycles. The van der Waals surface area contributed by atoms with Gasteiger partial charge in [-0.15, -0.1) is 0 Å². The number of carbonyl (C=O) groups excluding carboxylic acids is 1. The Morgan fingerprint density at radius 2 is 1.83 bits per heavy atom. The Morgan fingerprint density at radius 3 is 2.33 bits per heavy atom. The second-order valence-corrected chi connectivity index (χ2v) is 6.15. The van der Waals surface area contributed by atoms with E-state index in [1.807, 2.05) is 27.7 Å². The van der Waals surface area contributed by atoms with E-state index >= 15 is 0 Å². The third-order valence-electron chi connectivity index (χ3n) is 3.19. The molecule has 1 aromatic heterocycles. The minimum absolute atomic E-state index is 0.0852. The van der Waals surface area contributed by atoms with E-state index in [0.717, 1.165) is 29.8 Å². The average molecular weight is 265 g/mol. The molecule has 2 rings (SSSR count). The van der Waals surface area contributed by atoms with Gasteiger partial charge in [-0.05, 0) is 46.1 Å². The lowest BCUT2D eigenvalue weighted by Crippen LogP contribution is -2.32. The summed E-state index contributed by atoms with van der Waals surface area (Å²) in [6.07, 6.45) is 2.23. The highest BCUT2D eigenvalue weighted by Gasteiger charge is 2.26. The Bertz CT molecular complexity index is 448. The van der Waals surface area contributed by atoms with Crippen LogP contribution in [0.2, 0.25) is 0 Å². The summed E-state index contributed by atoms with van der Waals surface area (Å²) in [7, 11) is 0. The van der Waals surface area contributed by atoms with Crippen molar-refractivity contribution in [2.45, 2.75) is 57.0 Å². The lowest BCUT2D eigenvalue weighted by Gasteiger charge is -2.12. The number of nitrogens with one attached hydrogen (secondary N) is 1. The van der Waals surface area contributed by atoms with Crippen LogP contribution in [-0.4, -0.2) is 27.2 Å². The molecule has 1 aliphatic rings. The molecule has 1 atom stereocenters. The first-order chi connectivity index (χ1) is 8.47. The van der Waals surface area contributed by atoms with Crippen molar-refractivity contribution >= 4 is 17.7 Å². The monoisotopic (exact) mass is 265 g/mol. The summed E-state index contributed by atoms with van der Waals surface area (Å²) in [4.78, 5) is 20.7. The van der Waals surface area contributed by atoms with Crippen molar-refractivity contribution in [2.75, 3.05) is 0 Å². The highest BCUT2D eigenvalue weighted by molar-refractivity contribution is 8.00. The van der Waals surface area contributed by atoms with Crippen LogP contribution in [0.1, 0.15) is 36.7 Å². The van der Waals surface area contributed by atoms with Crippen LogP contribution in [0.15, 0.2) is 5.16 Å². The van der Waals surface area contributed by atoms with Gasteiger partial charge in [0.05, 0.1) is 5.25 Å². The number of hydrogen-bond donors (Lipinski definition) is 1. The van der Waals surface area contributed by atoms with Gasteiger partial charge in [-0.25, -0.2) is 9.97 Å². The number of carbonyl (C=O) groups is 1. The van der Waals surface area contributed by atoms with Crippen LogP contribution in [-0.2, 0) is 4.79 Å². The predicted molar refractivity (Wildman–Crippen MR) is 72.7 cm³/mol. The molecule has 1 heterocycles. The predicted octanol–water partition coefficient (Wildman–Crippen LogP) is 2.16. The van der Waals surface area contributed by atoms with Crippen molar-refractivity contribution in [1.29, 1.82) is 0 Å². The maximum atomic E-state index is 11.8. The normalized spacial score (nSPS) is 16.4. The van der Waals surface area contributed by atoms with Gasteiger partial charge in [0.15, 0.2) is 5.16 Å². The third kappa shape index (κ3) is 3.22. The minimum Gasteiger partial charge on any atom is -0.352 e. The zero-order chi connectivity index (χ0) is 13.3. The van der Waals surface area contributed by atoms with Crippen LogP contribution in [0.3, 0.4) is 0 Å². The summed E-state index contributed by atoms with van der Waals surface area (Å²) in [5.74, 6) is 0.0852. The molecule has 98 valence electrons. The molecule has 0 bridgehead atoms. The van der Waals surface area contributed by atoms with Crippen LogP contribution >= 0.6 is 11.8 Å². The van der Waals surface area contributed by atoms with E-state index in [1.54, 1.807) is 0 Å². The number of hydrogen-bond acceptors (Lipinski definition) is 4. The van der Waals surface area contributed by atoms with Gasteiger partial charge < -0.3 is 5.32 Å². The number of nitrogens with zero attached hydrogens (tertiary/aromatic N) is 2. The molecule has 18 heavy (non-hydrogen) atoms. The summed E-state index contributed by atoms with van der Waals surface area (Å²) in [5, 5.41) is 3.54. The average Bonchev–Trinajstić information content (AvgIpc) is 3.09. The smallest absolute Gasteiger partial charge is 0.233 e. The molecule has 0 saturated heterocycles. The number of amides is 1. The SMILES string of the molecule is Cc1nc(S[C@H](C)C(=O)NC2CC2)nc(C)c1C. The second-order valence-electron chi connectivity index (χ2n) is 4.84. The summed E-state index contributed by atoms with van der Waals surface area (Å²) in [6.45, 7) is 7.87. The van der Waals surface area contributed by atoms with Crippen LogP contribution < -0.4 is 5.32 Å².